The fourth-order valence-electron chi connectivity index (χ4n) is 4.31. The average Bonchev–Trinajstić information content (AvgIpc) is 3.41. The summed E-state index contributed by atoms with van der Waals surface area (Å²) in [6.07, 6.45) is 0.252. The van der Waals surface area contributed by atoms with Gasteiger partial charge >= 0.3 is 18.0 Å². The lowest BCUT2D eigenvalue weighted by Crippen LogP contribution is -2.58. The van der Waals surface area contributed by atoms with Gasteiger partial charge in [0.1, 0.15) is 12.1 Å². The van der Waals surface area contributed by atoms with Gasteiger partial charge in [-0.3, -0.25) is 9.59 Å². The number of hydrogen-bond acceptors (Lipinski definition) is 6. The highest BCUT2D eigenvalue weighted by Crippen LogP contribution is 2.32. The first-order valence-electron chi connectivity index (χ1n) is 13.1. The number of carbonyl (C=O) groups is 5. The molecule has 1 fully saturated rings. The highest BCUT2D eigenvalue weighted by atomic mass is 16.4. The SMILES string of the molecule is CC(N)C(=O)NC(CNC(N)=O)C(=O)N1CC(c2ccccc2)CC1C(=O)O.CNC(=O)N(C)Cc1ccccc1. The van der Waals surface area contributed by atoms with E-state index in [-0.39, 0.29) is 31.5 Å². The van der Waals surface area contributed by atoms with Gasteiger partial charge in [-0.2, -0.15) is 0 Å². The van der Waals surface area contributed by atoms with E-state index in [1.54, 1.807) is 19.0 Å². The van der Waals surface area contributed by atoms with Crippen LogP contribution >= 0.6 is 0 Å². The molecular formula is C28H39N7O6. The first kappa shape index (κ1) is 32.6. The molecule has 4 unspecified atom stereocenters. The zero-order chi connectivity index (χ0) is 30.5. The molecular weight excluding hydrogens is 530 g/mol. The van der Waals surface area contributed by atoms with Crippen molar-refractivity contribution in [3.63, 3.8) is 0 Å². The number of rotatable bonds is 9. The van der Waals surface area contributed by atoms with E-state index in [2.05, 4.69) is 16.0 Å². The Balaban J connectivity index is 0.000000377. The summed E-state index contributed by atoms with van der Waals surface area (Å²) >= 11 is 0. The molecule has 4 atom stereocenters. The van der Waals surface area contributed by atoms with Crippen LogP contribution in [0.3, 0.4) is 0 Å². The molecule has 0 radical (unpaired) electrons. The van der Waals surface area contributed by atoms with E-state index in [0.717, 1.165) is 11.1 Å². The number of nitrogens with two attached hydrogens (primary N) is 2. The van der Waals surface area contributed by atoms with E-state index >= 15 is 0 Å². The number of nitrogens with one attached hydrogen (secondary N) is 3. The second-order valence-corrected chi connectivity index (χ2v) is 9.68. The van der Waals surface area contributed by atoms with Gasteiger partial charge in [0, 0.05) is 39.6 Å². The molecule has 0 spiro atoms. The minimum Gasteiger partial charge on any atom is -0.480 e. The van der Waals surface area contributed by atoms with Crippen LogP contribution in [0.15, 0.2) is 60.7 Å². The Bertz CT molecular complexity index is 1180. The van der Waals surface area contributed by atoms with E-state index < -0.39 is 41.9 Å². The summed E-state index contributed by atoms with van der Waals surface area (Å²) in [5, 5.41) is 16.9. The molecule has 13 nitrogen and oxygen atoms in total. The number of amides is 6. The highest BCUT2D eigenvalue weighted by molar-refractivity contribution is 5.92. The predicted octanol–water partition coefficient (Wildman–Crippen LogP) is 0.414. The van der Waals surface area contributed by atoms with E-state index in [1.165, 1.54) is 11.8 Å². The quantitative estimate of drug-likeness (QED) is 0.251. The molecule has 1 aliphatic heterocycles. The van der Waals surface area contributed by atoms with Crippen LogP contribution in [0.2, 0.25) is 0 Å². The molecule has 0 aliphatic carbocycles. The normalized spacial score (nSPS) is 17.2. The molecule has 13 heteroatoms. The summed E-state index contributed by atoms with van der Waals surface area (Å²) < 4.78 is 0. The van der Waals surface area contributed by atoms with Crippen molar-refractivity contribution in [3.8, 4) is 0 Å². The Hall–Kier alpha value is -4.65. The fourth-order valence-corrected chi connectivity index (χ4v) is 4.31. The van der Waals surface area contributed by atoms with Crippen molar-refractivity contribution in [2.45, 2.75) is 43.9 Å². The van der Waals surface area contributed by atoms with E-state index in [0.29, 0.717) is 6.54 Å². The van der Waals surface area contributed by atoms with Gasteiger partial charge in [-0.25, -0.2) is 14.4 Å². The predicted molar refractivity (Wildman–Crippen MR) is 152 cm³/mol. The summed E-state index contributed by atoms with van der Waals surface area (Å²) in [6.45, 7) is 1.99. The van der Waals surface area contributed by atoms with Crippen LogP contribution in [0.5, 0.6) is 0 Å². The molecule has 0 saturated carbocycles. The fraction of sp³-hybridized carbons (Fsp3) is 0.393. The van der Waals surface area contributed by atoms with E-state index in [9.17, 15) is 29.1 Å². The standard InChI is InChI=1S/C18H25N5O5.C10H14N2O/c1-10(19)15(24)22-13(8-21-18(20)28)16(25)23-9-12(7-14(23)17(26)27)11-5-3-2-4-6-11;1-11-10(13)12(2)8-9-6-4-3-5-7-9/h2-6,10,12-14H,7-9,19H2,1H3,(H,22,24)(H,26,27)(H3,20,21,28);3-7H,8H2,1-2H3,(H,11,13). The lowest BCUT2D eigenvalue weighted by Gasteiger charge is -2.28. The second kappa shape index (κ2) is 15.8. The zero-order valence-corrected chi connectivity index (χ0v) is 23.4. The molecule has 2 aromatic carbocycles. The van der Waals surface area contributed by atoms with E-state index in [4.69, 9.17) is 11.5 Å². The third kappa shape index (κ3) is 10.1. The number of carbonyl (C=O) groups excluding carboxylic acids is 4. The van der Waals surface area contributed by atoms with Crippen LogP contribution in [0.1, 0.15) is 30.4 Å². The molecule has 0 bridgehead atoms. The molecule has 6 amide bonds. The lowest BCUT2D eigenvalue weighted by atomic mass is 9.96. The summed E-state index contributed by atoms with van der Waals surface area (Å²) in [6, 6.07) is 15.2. The number of hydrogen-bond donors (Lipinski definition) is 6. The van der Waals surface area contributed by atoms with Crippen molar-refractivity contribution in [3.05, 3.63) is 71.8 Å². The number of aliphatic carboxylic acids is 1. The maximum atomic E-state index is 13.0. The highest BCUT2D eigenvalue weighted by Gasteiger charge is 2.42. The number of carboxylic acid groups (broad SMARTS) is 1. The molecule has 1 saturated heterocycles. The molecule has 222 valence electrons. The van der Waals surface area contributed by atoms with Gasteiger partial charge in [0.15, 0.2) is 0 Å². The molecule has 41 heavy (non-hydrogen) atoms. The third-order valence-corrected chi connectivity index (χ3v) is 6.47. The Kier molecular flexibility index (Phi) is 12.6. The minimum atomic E-state index is -1.18. The van der Waals surface area contributed by atoms with Crippen molar-refractivity contribution in [2.75, 3.05) is 27.2 Å². The molecule has 3 rings (SSSR count). The van der Waals surface area contributed by atoms with Crippen molar-refractivity contribution in [2.24, 2.45) is 11.5 Å². The van der Waals surface area contributed by atoms with Gasteiger partial charge in [-0.05, 0) is 24.5 Å². The molecule has 0 aromatic heterocycles. The van der Waals surface area contributed by atoms with Crippen LogP contribution in [-0.2, 0) is 20.9 Å². The summed E-state index contributed by atoms with van der Waals surface area (Å²) in [5.41, 5.74) is 12.6. The first-order chi connectivity index (χ1) is 19.4. The van der Waals surface area contributed by atoms with Crippen LogP contribution in [-0.4, -0.2) is 90.1 Å². The zero-order valence-electron chi connectivity index (χ0n) is 23.4. The third-order valence-electron chi connectivity index (χ3n) is 6.47. The molecule has 1 aliphatic rings. The average molecular weight is 570 g/mol. The van der Waals surface area contributed by atoms with Crippen molar-refractivity contribution < 1.29 is 29.1 Å². The Morgan fingerprint density at radius 3 is 2.15 bits per heavy atom. The van der Waals surface area contributed by atoms with Crippen LogP contribution in [0.4, 0.5) is 9.59 Å². The van der Waals surface area contributed by atoms with Crippen molar-refractivity contribution >= 4 is 29.8 Å². The van der Waals surface area contributed by atoms with Crippen molar-refractivity contribution in [1.29, 1.82) is 0 Å². The Morgan fingerprint density at radius 1 is 1.05 bits per heavy atom. The van der Waals surface area contributed by atoms with Gasteiger partial charge < -0.3 is 42.3 Å². The number of primary amides is 1. The van der Waals surface area contributed by atoms with Gasteiger partial charge in [0.25, 0.3) is 0 Å². The van der Waals surface area contributed by atoms with Crippen LogP contribution in [0, 0.1) is 0 Å². The maximum Gasteiger partial charge on any atom is 0.326 e. The summed E-state index contributed by atoms with van der Waals surface area (Å²) in [5.74, 6) is -2.50. The van der Waals surface area contributed by atoms with Gasteiger partial charge in [-0.15, -0.1) is 0 Å². The number of likely N-dealkylation sites (tertiary alicyclic amines) is 1. The van der Waals surface area contributed by atoms with Crippen molar-refractivity contribution in [1.82, 2.24) is 25.8 Å². The van der Waals surface area contributed by atoms with Crippen LogP contribution < -0.4 is 27.4 Å². The largest absolute Gasteiger partial charge is 0.480 e. The summed E-state index contributed by atoms with van der Waals surface area (Å²) in [4.78, 5) is 61.7. The molecule has 1 heterocycles. The number of benzene rings is 2. The maximum absolute atomic E-state index is 13.0. The van der Waals surface area contributed by atoms with Gasteiger partial charge in [0.05, 0.1) is 6.04 Å². The van der Waals surface area contributed by atoms with Gasteiger partial charge in [-0.1, -0.05) is 60.7 Å². The lowest BCUT2D eigenvalue weighted by molar-refractivity contribution is -0.149. The second-order valence-electron chi connectivity index (χ2n) is 9.68. The smallest absolute Gasteiger partial charge is 0.326 e. The molecule has 8 N–H and O–H groups in total. The summed E-state index contributed by atoms with van der Waals surface area (Å²) in [7, 11) is 3.40. The topological polar surface area (TPSA) is 200 Å². The Morgan fingerprint density at radius 2 is 1.63 bits per heavy atom. The monoisotopic (exact) mass is 569 g/mol. The van der Waals surface area contributed by atoms with Gasteiger partial charge in [0.2, 0.25) is 11.8 Å². The first-order valence-corrected chi connectivity index (χ1v) is 13.1. The Labute approximate surface area is 239 Å². The number of nitrogens with zero attached hydrogens (tertiary/aromatic N) is 2. The number of urea groups is 2. The van der Waals surface area contributed by atoms with E-state index in [1.807, 2.05) is 60.7 Å². The van der Waals surface area contributed by atoms with Crippen LogP contribution in [0.25, 0.3) is 0 Å². The minimum absolute atomic E-state index is 0.0659. The number of carboxylic acids is 1. The molecule has 2 aromatic rings.